The molecule has 1 saturated heterocycles. The minimum atomic E-state index is -0.449. The van der Waals surface area contributed by atoms with Crippen LogP contribution in [0, 0.1) is 17.0 Å². The zero-order valence-electron chi connectivity index (χ0n) is 17.9. The maximum Gasteiger partial charge on any atom is 0.329 e. The molecular formula is C25H21N3O5. The van der Waals surface area contributed by atoms with Gasteiger partial charge >= 0.3 is 6.03 Å². The highest BCUT2D eigenvalue weighted by Crippen LogP contribution is 2.20. The number of rotatable bonds is 7. The van der Waals surface area contributed by atoms with E-state index in [1.54, 1.807) is 42.5 Å². The zero-order chi connectivity index (χ0) is 23.4. The molecule has 1 fully saturated rings. The van der Waals surface area contributed by atoms with Crippen LogP contribution in [0.1, 0.15) is 22.3 Å². The van der Waals surface area contributed by atoms with Crippen LogP contribution in [0.15, 0.2) is 78.5 Å². The van der Waals surface area contributed by atoms with Gasteiger partial charge in [-0.25, -0.2) is 4.79 Å². The molecule has 8 heteroatoms. The average molecular weight is 443 g/mol. The lowest BCUT2D eigenvalue weighted by Crippen LogP contribution is -2.30. The minimum Gasteiger partial charge on any atom is -0.489 e. The van der Waals surface area contributed by atoms with Crippen molar-refractivity contribution in [2.24, 2.45) is 0 Å². The highest BCUT2D eigenvalue weighted by atomic mass is 16.6. The molecule has 0 unspecified atom stereocenters. The Morgan fingerprint density at radius 2 is 1.58 bits per heavy atom. The molecule has 0 aliphatic carbocycles. The molecule has 3 amide bonds. The number of carbonyl (C=O) groups excluding carboxylic acids is 2. The van der Waals surface area contributed by atoms with E-state index < -0.39 is 11.0 Å². The summed E-state index contributed by atoms with van der Waals surface area (Å²) in [4.78, 5) is 36.4. The predicted molar refractivity (Wildman–Crippen MR) is 122 cm³/mol. The van der Waals surface area contributed by atoms with Crippen molar-refractivity contribution in [3.05, 3.63) is 111 Å². The molecule has 1 N–H and O–H groups in total. The molecule has 1 heterocycles. The maximum atomic E-state index is 12.7. The number of hydrogen-bond donors (Lipinski definition) is 1. The number of carbonyl (C=O) groups is 2. The number of urea groups is 1. The van der Waals surface area contributed by atoms with Gasteiger partial charge in [-0.3, -0.25) is 19.8 Å². The van der Waals surface area contributed by atoms with Crippen LogP contribution in [-0.2, 0) is 17.9 Å². The average Bonchev–Trinajstić information content (AvgIpc) is 3.07. The summed E-state index contributed by atoms with van der Waals surface area (Å²) in [5, 5.41) is 13.3. The standard InChI is InChI=1S/C25H21N3O5/c1-17-2-4-19(5-3-17)15-27-24(29)23(26-25(27)30)14-18-8-12-22(13-9-18)33-16-20-6-10-21(11-7-20)28(31)32/h2-14H,15-16H2,1H3,(H,26,30)/b23-14+. The molecular weight excluding hydrogens is 422 g/mol. The number of nitrogens with one attached hydrogen (secondary N) is 1. The van der Waals surface area contributed by atoms with Crippen molar-refractivity contribution in [1.82, 2.24) is 10.2 Å². The Labute approximate surface area is 190 Å². The fourth-order valence-corrected chi connectivity index (χ4v) is 3.30. The summed E-state index contributed by atoms with van der Waals surface area (Å²) < 4.78 is 5.71. The topological polar surface area (TPSA) is 102 Å². The van der Waals surface area contributed by atoms with Crippen LogP contribution in [0.5, 0.6) is 5.75 Å². The molecule has 166 valence electrons. The molecule has 0 radical (unpaired) electrons. The van der Waals surface area contributed by atoms with Crippen molar-refractivity contribution in [2.45, 2.75) is 20.1 Å². The molecule has 0 atom stereocenters. The fraction of sp³-hybridized carbons (Fsp3) is 0.120. The summed E-state index contributed by atoms with van der Waals surface area (Å²) in [6.07, 6.45) is 1.62. The van der Waals surface area contributed by atoms with Gasteiger partial charge in [-0.05, 0) is 54.0 Å². The van der Waals surface area contributed by atoms with Crippen LogP contribution in [-0.4, -0.2) is 21.8 Å². The van der Waals surface area contributed by atoms with E-state index in [2.05, 4.69) is 5.32 Å². The summed E-state index contributed by atoms with van der Waals surface area (Å²) in [6.45, 7) is 2.45. The Morgan fingerprint density at radius 3 is 2.21 bits per heavy atom. The number of nitrogens with zero attached hydrogens (tertiary/aromatic N) is 2. The Bertz CT molecular complexity index is 1220. The van der Waals surface area contributed by atoms with E-state index in [1.165, 1.54) is 17.0 Å². The van der Waals surface area contributed by atoms with Crippen LogP contribution in [0.25, 0.3) is 6.08 Å². The lowest BCUT2D eigenvalue weighted by atomic mass is 10.1. The van der Waals surface area contributed by atoms with Gasteiger partial charge in [0.2, 0.25) is 0 Å². The zero-order valence-corrected chi connectivity index (χ0v) is 17.9. The third-order valence-electron chi connectivity index (χ3n) is 5.17. The number of nitro benzene ring substituents is 1. The summed E-state index contributed by atoms with van der Waals surface area (Å²) in [5.41, 5.74) is 3.77. The quantitative estimate of drug-likeness (QED) is 0.249. The van der Waals surface area contributed by atoms with E-state index in [9.17, 15) is 19.7 Å². The van der Waals surface area contributed by atoms with Gasteiger partial charge in [-0.15, -0.1) is 0 Å². The van der Waals surface area contributed by atoms with Crippen LogP contribution < -0.4 is 10.1 Å². The molecule has 0 saturated carbocycles. The van der Waals surface area contributed by atoms with Crippen LogP contribution in [0.2, 0.25) is 0 Å². The van der Waals surface area contributed by atoms with Crippen LogP contribution >= 0.6 is 0 Å². The van der Waals surface area contributed by atoms with E-state index in [1.807, 2.05) is 31.2 Å². The van der Waals surface area contributed by atoms with Crippen LogP contribution in [0.3, 0.4) is 0 Å². The van der Waals surface area contributed by atoms with Crippen molar-refractivity contribution in [3.8, 4) is 5.75 Å². The third-order valence-corrected chi connectivity index (χ3v) is 5.17. The van der Waals surface area contributed by atoms with Crippen molar-refractivity contribution in [3.63, 3.8) is 0 Å². The van der Waals surface area contributed by atoms with Gasteiger partial charge in [0, 0.05) is 12.1 Å². The van der Waals surface area contributed by atoms with Crippen molar-refractivity contribution >= 4 is 23.7 Å². The number of aryl methyl sites for hydroxylation is 1. The number of ether oxygens (including phenoxy) is 1. The van der Waals surface area contributed by atoms with E-state index in [0.29, 0.717) is 5.75 Å². The van der Waals surface area contributed by atoms with E-state index in [4.69, 9.17) is 4.74 Å². The number of hydrogen-bond acceptors (Lipinski definition) is 5. The maximum absolute atomic E-state index is 12.7. The lowest BCUT2D eigenvalue weighted by molar-refractivity contribution is -0.384. The molecule has 1 aliphatic heterocycles. The van der Waals surface area contributed by atoms with Gasteiger partial charge in [-0.1, -0.05) is 42.0 Å². The normalized spacial score (nSPS) is 14.5. The first-order valence-corrected chi connectivity index (χ1v) is 10.3. The Balaban J connectivity index is 1.37. The highest BCUT2D eigenvalue weighted by Gasteiger charge is 2.33. The monoisotopic (exact) mass is 443 g/mol. The fourth-order valence-electron chi connectivity index (χ4n) is 3.30. The number of non-ortho nitro benzene ring substituents is 1. The number of nitro groups is 1. The van der Waals surface area contributed by atoms with E-state index in [-0.39, 0.29) is 30.4 Å². The van der Waals surface area contributed by atoms with Gasteiger partial charge in [0.25, 0.3) is 11.6 Å². The molecule has 0 bridgehead atoms. The molecule has 0 aromatic heterocycles. The summed E-state index contributed by atoms with van der Waals surface area (Å²) in [5.74, 6) is 0.234. The highest BCUT2D eigenvalue weighted by molar-refractivity contribution is 6.13. The number of amides is 3. The molecule has 1 aliphatic rings. The number of benzene rings is 3. The first kappa shape index (κ1) is 21.8. The Kier molecular flexibility index (Phi) is 6.17. The van der Waals surface area contributed by atoms with Crippen molar-refractivity contribution in [2.75, 3.05) is 0 Å². The van der Waals surface area contributed by atoms with Crippen LogP contribution in [0.4, 0.5) is 10.5 Å². The minimum absolute atomic E-state index is 0.0297. The molecule has 3 aromatic rings. The summed E-state index contributed by atoms with van der Waals surface area (Å²) >= 11 is 0. The second-order valence-electron chi connectivity index (χ2n) is 7.65. The molecule has 3 aromatic carbocycles. The predicted octanol–water partition coefficient (Wildman–Crippen LogP) is 4.58. The van der Waals surface area contributed by atoms with Gasteiger partial charge in [0.15, 0.2) is 0 Å². The summed E-state index contributed by atoms with van der Waals surface area (Å²) in [7, 11) is 0. The van der Waals surface area contributed by atoms with Gasteiger partial charge in [0.05, 0.1) is 11.5 Å². The molecule has 4 rings (SSSR count). The second-order valence-corrected chi connectivity index (χ2v) is 7.65. The van der Waals surface area contributed by atoms with E-state index >= 15 is 0 Å². The van der Waals surface area contributed by atoms with Crippen molar-refractivity contribution < 1.29 is 19.2 Å². The van der Waals surface area contributed by atoms with Gasteiger partial charge < -0.3 is 10.1 Å². The third kappa shape index (κ3) is 5.24. The SMILES string of the molecule is Cc1ccc(CN2C(=O)N/C(=C/c3ccc(OCc4ccc([N+](=O)[O-])cc4)cc3)C2=O)cc1. The number of imide groups is 1. The van der Waals surface area contributed by atoms with Gasteiger partial charge in [0.1, 0.15) is 18.1 Å². The smallest absolute Gasteiger partial charge is 0.329 e. The van der Waals surface area contributed by atoms with Gasteiger partial charge in [-0.2, -0.15) is 0 Å². The molecule has 0 spiro atoms. The van der Waals surface area contributed by atoms with Crippen molar-refractivity contribution in [1.29, 1.82) is 0 Å². The molecule has 8 nitrogen and oxygen atoms in total. The van der Waals surface area contributed by atoms with E-state index in [0.717, 1.165) is 22.3 Å². The summed E-state index contributed by atoms with van der Waals surface area (Å²) in [6, 6.07) is 20.4. The Morgan fingerprint density at radius 1 is 0.939 bits per heavy atom. The molecule has 33 heavy (non-hydrogen) atoms. The second kappa shape index (κ2) is 9.35. The lowest BCUT2D eigenvalue weighted by Gasteiger charge is -2.11. The first-order valence-electron chi connectivity index (χ1n) is 10.3. The Hall–Kier alpha value is -4.46. The largest absolute Gasteiger partial charge is 0.489 e. The first-order chi connectivity index (χ1) is 15.9.